The van der Waals surface area contributed by atoms with Crippen LogP contribution in [0.15, 0.2) is 36.4 Å². The van der Waals surface area contributed by atoms with Gasteiger partial charge in [-0.1, -0.05) is 30.3 Å². The predicted octanol–water partition coefficient (Wildman–Crippen LogP) is 1.55. The predicted molar refractivity (Wildman–Crippen MR) is 86.5 cm³/mol. The average Bonchev–Trinajstić information content (AvgIpc) is 3.03. The molecule has 1 aliphatic heterocycles. The largest absolute Gasteiger partial charge is 0.398 e. The molecule has 2 aromatic carbocycles. The number of rotatable bonds is 3. The van der Waals surface area contributed by atoms with Crippen LogP contribution in [-0.4, -0.2) is 35.7 Å². The maximum Gasteiger partial charge on any atom is 0.236 e. The molecule has 0 aromatic heterocycles. The Labute approximate surface area is 128 Å². The van der Waals surface area contributed by atoms with Crippen molar-refractivity contribution in [2.45, 2.75) is 18.9 Å². The molecule has 0 unspecified atom stereocenters. The van der Waals surface area contributed by atoms with Crippen LogP contribution in [0.4, 0.5) is 5.69 Å². The molecule has 1 heterocycles. The average molecular weight is 297 g/mol. The van der Waals surface area contributed by atoms with Gasteiger partial charge in [0.2, 0.25) is 5.91 Å². The summed E-state index contributed by atoms with van der Waals surface area (Å²) in [5.41, 5.74) is 12.5. The Hall–Kier alpha value is -2.40. The Morgan fingerprint density at radius 1 is 1.18 bits per heavy atom. The van der Waals surface area contributed by atoms with Crippen LogP contribution in [0.5, 0.6) is 0 Å². The Morgan fingerprint density at radius 2 is 1.95 bits per heavy atom. The number of ketones is 1. The molecule has 0 aliphatic carbocycles. The standard InChI is InChI=1S/C17H19N3O2/c18-10-15(21)20-9-3-6-14(20)17(22)16-12-5-2-1-4-11(12)7-8-13(16)19/h1-2,4-5,7-8,14H,3,6,9-10,18-19H2/t14-/m0/s1. The number of nitrogens with two attached hydrogens (primary N) is 2. The SMILES string of the molecule is NCC(=O)N1CCC[C@H]1C(=O)c1c(N)ccc2ccccc12. The lowest BCUT2D eigenvalue weighted by atomic mass is 9.94. The molecule has 5 nitrogen and oxygen atoms in total. The van der Waals surface area contributed by atoms with Crippen molar-refractivity contribution >= 4 is 28.2 Å². The molecule has 5 heteroatoms. The van der Waals surface area contributed by atoms with Crippen LogP contribution in [0.2, 0.25) is 0 Å². The summed E-state index contributed by atoms with van der Waals surface area (Å²) in [6, 6.07) is 10.8. The first kappa shape index (κ1) is 14.5. The third-order valence-electron chi connectivity index (χ3n) is 4.26. The van der Waals surface area contributed by atoms with Crippen molar-refractivity contribution in [1.82, 2.24) is 4.90 Å². The third kappa shape index (κ3) is 2.33. The van der Waals surface area contributed by atoms with E-state index in [1.165, 1.54) is 0 Å². The fourth-order valence-electron chi connectivity index (χ4n) is 3.19. The first-order valence-corrected chi connectivity index (χ1v) is 7.44. The maximum absolute atomic E-state index is 13.0. The maximum atomic E-state index is 13.0. The van der Waals surface area contributed by atoms with E-state index in [-0.39, 0.29) is 18.2 Å². The number of nitrogens with zero attached hydrogens (tertiary/aromatic N) is 1. The van der Waals surface area contributed by atoms with Crippen molar-refractivity contribution in [2.75, 3.05) is 18.8 Å². The Morgan fingerprint density at radius 3 is 2.73 bits per heavy atom. The molecule has 4 N–H and O–H groups in total. The monoisotopic (exact) mass is 297 g/mol. The summed E-state index contributed by atoms with van der Waals surface area (Å²) in [6.07, 6.45) is 1.47. The van der Waals surface area contributed by atoms with Gasteiger partial charge < -0.3 is 16.4 Å². The lowest BCUT2D eigenvalue weighted by molar-refractivity contribution is -0.129. The molecule has 22 heavy (non-hydrogen) atoms. The molecule has 2 aromatic rings. The van der Waals surface area contributed by atoms with Crippen LogP contribution in [-0.2, 0) is 4.79 Å². The number of hydrogen-bond donors (Lipinski definition) is 2. The lowest BCUT2D eigenvalue weighted by Gasteiger charge is -2.24. The van der Waals surface area contributed by atoms with E-state index in [1.807, 2.05) is 30.3 Å². The second-order valence-electron chi connectivity index (χ2n) is 5.56. The highest BCUT2D eigenvalue weighted by Gasteiger charge is 2.35. The first-order valence-electron chi connectivity index (χ1n) is 7.44. The van der Waals surface area contributed by atoms with E-state index in [1.54, 1.807) is 11.0 Å². The molecular formula is C17H19N3O2. The van der Waals surface area contributed by atoms with Gasteiger partial charge in [-0.3, -0.25) is 9.59 Å². The fraction of sp³-hybridized carbons (Fsp3) is 0.294. The minimum absolute atomic E-state index is 0.0746. The van der Waals surface area contributed by atoms with Gasteiger partial charge in [-0.2, -0.15) is 0 Å². The Bertz CT molecular complexity index is 742. The van der Waals surface area contributed by atoms with Crippen molar-refractivity contribution in [3.05, 3.63) is 42.0 Å². The van der Waals surface area contributed by atoms with E-state index in [2.05, 4.69) is 0 Å². The number of carbonyl (C=O) groups excluding carboxylic acids is 2. The molecule has 0 bridgehead atoms. The number of nitrogen functional groups attached to an aromatic ring is 1. The molecule has 1 fully saturated rings. The number of amides is 1. The van der Waals surface area contributed by atoms with Crippen LogP contribution in [0.25, 0.3) is 10.8 Å². The van der Waals surface area contributed by atoms with E-state index >= 15 is 0 Å². The molecule has 0 radical (unpaired) electrons. The number of anilines is 1. The topological polar surface area (TPSA) is 89.4 Å². The van der Waals surface area contributed by atoms with Gasteiger partial charge in [0.1, 0.15) is 0 Å². The van der Waals surface area contributed by atoms with Gasteiger partial charge >= 0.3 is 0 Å². The van der Waals surface area contributed by atoms with Gasteiger partial charge in [0.05, 0.1) is 18.2 Å². The van der Waals surface area contributed by atoms with Gasteiger partial charge in [-0.25, -0.2) is 0 Å². The number of likely N-dealkylation sites (tertiary alicyclic amines) is 1. The Kier molecular flexibility index (Phi) is 3.81. The molecule has 114 valence electrons. The summed E-state index contributed by atoms with van der Waals surface area (Å²) in [7, 11) is 0. The van der Waals surface area contributed by atoms with Crippen LogP contribution in [0, 0.1) is 0 Å². The second kappa shape index (κ2) is 5.77. The molecule has 1 amide bonds. The van der Waals surface area contributed by atoms with Crippen LogP contribution in [0.3, 0.4) is 0 Å². The van der Waals surface area contributed by atoms with E-state index < -0.39 is 6.04 Å². The first-order chi connectivity index (χ1) is 10.6. The minimum Gasteiger partial charge on any atom is -0.398 e. The summed E-state index contributed by atoms with van der Waals surface area (Å²) < 4.78 is 0. The molecular weight excluding hydrogens is 278 g/mol. The Balaban J connectivity index is 2.05. The summed E-state index contributed by atoms with van der Waals surface area (Å²) in [5.74, 6) is -0.275. The van der Waals surface area contributed by atoms with Crippen molar-refractivity contribution in [2.24, 2.45) is 5.73 Å². The van der Waals surface area contributed by atoms with Crippen LogP contribution < -0.4 is 11.5 Å². The zero-order chi connectivity index (χ0) is 15.7. The smallest absolute Gasteiger partial charge is 0.236 e. The normalized spacial score (nSPS) is 17.9. The fourth-order valence-corrected chi connectivity index (χ4v) is 3.19. The van der Waals surface area contributed by atoms with Gasteiger partial charge in [-0.15, -0.1) is 0 Å². The molecule has 0 saturated carbocycles. The zero-order valence-corrected chi connectivity index (χ0v) is 12.3. The van der Waals surface area contributed by atoms with Crippen molar-refractivity contribution in [1.29, 1.82) is 0 Å². The molecule has 1 atom stereocenters. The molecule has 3 rings (SSSR count). The van der Waals surface area contributed by atoms with Gasteiger partial charge in [0.15, 0.2) is 5.78 Å². The second-order valence-corrected chi connectivity index (χ2v) is 5.56. The number of Topliss-reactive ketones (excluding diaryl/α,β-unsaturated/α-hetero) is 1. The molecule has 0 spiro atoms. The molecule has 1 saturated heterocycles. The lowest BCUT2D eigenvalue weighted by Crippen LogP contribution is -2.43. The van der Waals surface area contributed by atoms with E-state index in [0.29, 0.717) is 24.2 Å². The van der Waals surface area contributed by atoms with Gasteiger partial charge in [0.25, 0.3) is 0 Å². The summed E-state index contributed by atoms with van der Waals surface area (Å²) in [5, 5.41) is 1.80. The quantitative estimate of drug-likeness (QED) is 0.664. The number of fused-ring (bicyclic) bond motifs is 1. The van der Waals surface area contributed by atoms with Crippen molar-refractivity contribution in [3.63, 3.8) is 0 Å². The highest BCUT2D eigenvalue weighted by atomic mass is 16.2. The molecule has 1 aliphatic rings. The number of benzene rings is 2. The third-order valence-corrected chi connectivity index (χ3v) is 4.26. The van der Waals surface area contributed by atoms with Gasteiger partial charge in [0, 0.05) is 12.2 Å². The van der Waals surface area contributed by atoms with E-state index in [0.717, 1.165) is 17.2 Å². The van der Waals surface area contributed by atoms with Gasteiger partial charge in [-0.05, 0) is 29.7 Å². The minimum atomic E-state index is -0.454. The highest BCUT2D eigenvalue weighted by molar-refractivity contribution is 6.15. The van der Waals surface area contributed by atoms with E-state index in [4.69, 9.17) is 11.5 Å². The highest BCUT2D eigenvalue weighted by Crippen LogP contribution is 2.29. The summed E-state index contributed by atoms with van der Waals surface area (Å²) in [4.78, 5) is 26.5. The summed E-state index contributed by atoms with van der Waals surface area (Å²) in [6.45, 7) is 0.506. The zero-order valence-electron chi connectivity index (χ0n) is 12.3. The summed E-state index contributed by atoms with van der Waals surface area (Å²) >= 11 is 0. The van der Waals surface area contributed by atoms with E-state index in [9.17, 15) is 9.59 Å². The van der Waals surface area contributed by atoms with Crippen molar-refractivity contribution in [3.8, 4) is 0 Å². The van der Waals surface area contributed by atoms with Crippen molar-refractivity contribution < 1.29 is 9.59 Å². The number of carbonyl (C=O) groups is 2. The number of hydrogen-bond acceptors (Lipinski definition) is 4. The van der Waals surface area contributed by atoms with Crippen LogP contribution >= 0.6 is 0 Å². The van der Waals surface area contributed by atoms with Crippen LogP contribution in [0.1, 0.15) is 23.2 Å².